The zero-order valence-electron chi connectivity index (χ0n) is 20.5. The molecule has 7 nitrogen and oxygen atoms in total. The van der Waals surface area contributed by atoms with E-state index in [1.807, 2.05) is 69.3 Å². The Hall–Kier alpha value is -3.61. The summed E-state index contributed by atoms with van der Waals surface area (Å²) in [5.74, 6) is 0.270. The van der Waals surface area contributed by atoms with Gasteiger partial charge in [0, 0.05) is 24.2 Å². The number of anilines is 2. The molecule has 0 aliphatic heterocycles. The number of rotatable bonds is 5. The van der Waals surface area contributed by atoms with Crippen LogP contribution < -0.4 is 10.6 Å². The summed E-state index contributed by atoms with van der Waals surface area (Å²) in [6, 6.07) is 15.3. The first-order chi connectivity index (χ1) is 15.5. The number of hydrogen-bond donors (Lipinski definition) is 2. The Labute approximate surface area is 195 Å². The number of nitrogens with one attached hydrogen (secondary N) is 2. The summed E-state index contributed by atoms with van der Waals surface area (Å²) in [5, 5.41) is 10.6. The number of nitrogens with zero attached hydrogens (tertiary/aromatic N) is 3. The molecule has 0 saturated heterocycles. The summed E-state index contributed by atoms with van der Waals surface area (Å²) in [6.45, 7) is 12.0. The van der Waals surface area contributed by atoms with Crippen molar-refractivity contribution in [2.24, 2.45) is 0 Å². The van der Waals surface area contributed by atoms with Gasteiger partial charge in [0.1, 0.15) is 12.4 Å². The van der Waals surface area contributed by atoms with Crippen LogP contribution in [-0.4, -0.2) is 40.2 Å². The van der Waals surface area contributed by atoms with Gasteiger partial charge in [0.05, 0.1) is 11.4 Å². The zero-order chi connectivity index (χ0) is 24.3. The SMILES string of the molecule is Cc1ccccc1-n1nc(C(C)(C)C)cc1NC(=O)CN(C)C(=O)Nc1c(C)cccc1C. The number of carbonyl (C=O) groups excluding carboxylic acids is 2. The average molecular weight is 448 g/mol. The molecule has 7 heteroatoms. The number of benzene rings is 2. The number of aromatic nitrogens is 2. The summed E-state index contributed by atoms with van der Waals surface area (Å²) in [6.07, 6.45) is 0. The van der Waals surface area contributed by atoms with Crippen LogP contribution in [0, 0.1) is 20.8 Å². The molecule has 174 valence electrons. The first kappa shape index (κ1) is 24.0. The molecule has 2 aromatic carbocycles. The fraction of sp³-hybridized carbons (Fsp3) is 0.346. The highest BCUT2D eigenvalue weighted by Gasteiger charge is 2.23. The van der Waals surface area contributed by atoms with Gasteiger partial charge in [0.2, 0.25) is 5.91 Å². The van der Waals surface area contributed by atoms with Crippen LogP contribution in [0.4, 0.5) is 16.3 Å². The van der Waals surface area contributed by atoms with Crippen molar-refractivity contribution < 1.29 is 9.59 Å². The minimum Gasteiger partial charge on any atom is -0.318 e. The highest BCUT2D eigenvalue weighted by atomic mass is 16.2. The Balaban J connectivity index is 1.77. The molecule has 3 rings (SSSR count). The molecule has 33 heavy (non-hydrogen) atoms. The molecule has 0 bridgehead atoms. The molecule has 1 aromatic heterocycles. The van der Waals surface area contributed by atoms with Crippen LogP contribution in [0.3, 0.4) is 0 Å². The molecule has 0 aliphatic rings. The third-order valence-electron chi connectivity index (χ3n) is 5.53. The maximum Gasteiger partial charge on any atom is 0.322 e. The second-order valence-corrected chi connectivity index (χ2v) is 9.46. The summed E-state index contributed by atoms with van der Waals surface area (Å²) in [5.41, 5.74) is 5.32. The largest absolute Gasteiger partial charge is 0.322 e. The predicted molar refractivity (Wildman–Crippen MR) is 133 cm³/mol. The molecule has 0 spiro atoms. The number of amides is 3. The average Bonchev–Trinajstić information content (AvgIpc) is 3.14. The smallest absolute Gasteiger partial charge is 0.318 e. The standard InChI is InChI=1S/C26H33N5O2/c1-17-11-8-9-14-20(17)31-22(15-21(29-31)26(4,5)6)27-23(32)16-30(7)25(33)28-24-18(2)12-10-13-19(24)3/h8-15H,16H2,1-7H3,(H,27,32)(H,28,33). The zero-order valence-corrected chi connectivity index (χ0v) is 20.5. The Morgan fingerprint density at radius 2 is 1.55 bits per heavy atom. The van der Waals surface area contributed by atoms with Crippen molar-refractivity contribution in [3.63, 3.8) is 0 Å². The van der Waals surface area contributed by atoms with Crippen molar-refractivity contribution in [3.8, 4) is 5.69 Å². The van der Waals surface area contributed by atoms with Crippen molar-refractivity contribution in [1.82, 2.24) is 14.7 Å². The minimum atomic E-state index is -0.342. The highest BCUT2D eigenvalue weighted by Crippen LogP contribution is 2.27. The van der Waals surface area contributed by atoms with Crippen molar-refractivity contribution in [2.75, 3.05) is 24.2 Å². The van der Waals surface area contributed by atoms with E-state index in [4.69, 9.17) is 5.10 Å². The van der Waals surface area contributed by atoms with E-state index in [0.717, 1.165) is 33.8 Å². The van der Waals surface area contributed by atoms with E-state index < -0.39 is 0 Å². The van der Waals surface area contributed by atoms with Crippen molar-refractivity contribution in [2.45, 2.75) is 47.0 Å². The lowest BCUT2D eigenvalue weighted by atomic mass is 9.92. The van der Waals surface area contributed by atoms with Crippen LogP contribution in [-0.2, 0) is 10.2 Å². The van der Waals surface area contributed by atoms with Crippen molar-refractivity contribution in [3.05, 3.63) is 70.9 Å². The number of carbonyl (C=O) groups is 2. The lowest BCUT2D eigenvalue weighted by Gasteiger charge is -2.19. The molecule has 0 radical (unpaired) electrons. The van der Waals surface area contributed by atoms with Gasteiger partial charge in [0.25, 0.3) is 0 Å². The van der Waals surface area contributed by atoms with Crippen LogP contribution in [0.15, 0.2) is 48.5 Å². The maximum absolute atomic E-state index is 12.9. The van der Waals surface area contributed by atoms with E-state index in [-0.39, 0.29) is 23.9 Å². The molecule has 3 aromatic rings. The van der Waals surface area contributed by atoms with Gasteiger partial charge in [-0.25, -0.2) is 9.48 Å². The second kappa shape index (κ2) is 9.48. The van der Waals surface area contributed by atoms with Gasteiger partial charge < -0.3 is 15.5 Å². The molecule has 0 aliphatic carbocycles. The molecule has 0 saturated carbocycles. The normalized spacial score (nSPS) is 11.2. The lowest BCUT2D eigenvalue weighted by molar-refractivity contribution is -0.116. The number of aryl methyl sites for hydroxylation is 3. The van der Waals surface area contributed by atoms with Crippen molar-refractivity contribution in [1.29, 1.82) is 0 Å². The number of urea groups is 1. The molecule has 2 N–H and O–H groups in total. The first-order valence-electron chi connectivity index (χ1n) is 11.0. The van der Waals surface area contributed by atoms with Crippen LogP contribution in [0.25, 0.3) is 5.69 Å². The van der Waals surface area contributed by atoms with Gasteiger partial charge >= 0.3 is 6.03 Å². The summed E-state index contributed by atoms with van der Waals surface area (Å²) in [4.78, 5) is 26.9. The van der Waals surface area contributed by atoms with E-state index in [0.29, 0.717) is 5.82 Å². The van der Waals surface area contributed by atoms with E-state index in [9.17, 15) is 9.59 Å². The topological polar surface area (TPSA) is 79.3 Å². The predicted octanol–water partition coefficient (Wildman–Crippen LogP) is 5.20. The number of para-hydroxylation sites is 2. The summed E-state index contributed by atoms with van der Waals surface area (Å²) in [7, 11) is 1.60. The Morgan fingerprint density at radius 1 is 0.939 bits per heavy atom. The van der Waals surface area contributed by atoms with Gasteiger partial charge in [-0.05, 0) is 43.5 Å². The molecular formula is C26H33N5O2. The Bertz CT molecular complexity index is 1150. The third-order valence-corrected chi connectivity index (χ3v) is 5.53. The molecule has 0 atom stereocenters. The van der Waals surface area contributed by atoms with Gasteiger partial charge in [-0.15, -0.1) is 0 Å². The van der Waals surface area contributed by atoms with Gasteiger partial charge in [-0.3, -0.25) is 4.79 Å². The van der Waals surface area contributed by atoms with E-state index in [2.05, 4.69) is 31.4 Å². The lowest BCUT2D eigenvalue weighted by Crippen LogP contribution is -2.38. The van der Waals surface area contributed by atoms with E-state index in [1.54, 1.807) is 11.7 Å². The number of likely N-dealkylation sites (N-methyl/N-ethyl adjacent to an activating group) is 1. The molecule has 0 unspecified atom stereocenters. The first-order valence-corrected chi connectivity index (χ1v) is 11.0. The van der Waals surface area contributed by atoms with E-state index >= 15 is 0 Å². The van der Waals surface area contributed by atoms with Crippen molar-refractivity contribution >= 4 is 23.4 Å². The molecule has 0 fully saturated rings. The maximum atomic E-state index is 12.9. The Kier molecular flexibility index (Phi) is 6.91. The molecule has 1 heterocycles. The molecule has 3 amide bonds. The summed E-state index contributed by atoms with van der Waals surface area (Å²) >= 11 is 0. The van der Waals surface area contributed by atoms with Crippen LogP contribution in [0.1, 0.15) is 43.2 Å². The Morgan fingerprint density at radius 3 is 2.15 bits per heavy atom. The van der Waals surface area contributed by atoms with Gasteiger partial charge in [0.15, 0.2) is 0 Å². The van der Waals surface area contributed by atoms with E-state index in [1.165, 1.54) is 4.90 Å². The summed E-state index contributed by atoms with van der Waals surface area (Å²) < 4.78 is 1.75. The number of hydrogen-bond acceptors (Lipinski definition) is 3. The monoisotopic (exact) mass is 447 g/mol. The van der Waals surface area contributed by atoms with Crippen LogP contribution in [0.5, 0.6) is 0 Å². The molecular weight excluding hydrogens is 414 g/mol. The van der Waals surface area contributed by atoms with Crippen LogP contribution >= 0.6 is 0 Å². The van der Waals surface area contributed by atoms with Crippen LogP contribution in [0.2, 0.25) is 0 Å². The minimum absolute atomic E-state index is 0.0967. The highest BCUT2D eigenvalue weighted by molar-refractivity contribution is 5.97. The quantitative estimate of drug-likeness (QED) is 0.564. The van der Waals surface area contributed by atoms with Gasteiger partial charge in [-0.1, -0.05) is 57.2 Å². The fourth-order valence-corrected chi connectivity index (χ4v) is 3.50. The van der Waals surface area contributed by atoms with Gasteiger partial charge in [-0.2, -0.15) is 5.10 Å². The third kappa shape index (κ3) is 5.61. The fourth-order valence-electron chi connectivity index (χ4n) is 3.50. The second-order valence-electron chi connectivity index (χ2n) is 9.46.